The summed E-state index contributed by atoms with van der Waals surface area (Å²) in [6.07, 6.45) is 0. The lowest BCUT2D eigenvalue weighted by molar-refractivity contribution is -0.872. The highest BCUT2D eigenvalue weighted by Gasteiger charge is 2.00. The van der Waals surface area contributed by atoms with Crippen LogP contribution in [0.1, 0.15) is 30.9 Å². The summed E-state index contributed by atoms with van der Waals surface area (Å²) < 4.78 is 0. The van der Waals surface area contributed by atoms with Gasteiger partial charge in [-0.25, -0.2) is 0 Å². The first-order valence-electron chi connectivity index (χ1n) is 4.97. The molecule has 0 fully saturated rings. The van der Waals surface area contributed by atoms with Gasteiger partial charge in [-0.1, -0.05) is 38.1 Å². The number of nitrogens with one attached hydrogen (secondary N) is 1. The van der Waals surface area contributed by atoms with Gasteiger partial charge in [-0.3, -0.25) is 0 Å². The van der Waals surface area contributed by atoms with Crippen molar-refractivity contribution in [2.75, 3.05) is 14.1 Å². The minimum absolute atomic E-state index is 0. The molecule has 0 aliphatic heterocycles. The molecule has 1 aromatic rings. The lowest BCUT2D eigenvalue weighted by Gasteiger charge is -2.09. The van der Waals surface area contributed by atoms with Crippen molar-refractivity contribution >= 4 is 0 Å². The summed E-state index contributed by atoms with van der Waals surface area (Å²) in [5.74, 6) is 0.640. The van der Waals surface area contributed by atoms with Gasteiger partial charge in [-0.2, -0.15) is 0 Å². The summed E-state index contributed by atoms with van der Waals surface area (Å²) in [5.41, 5.74) is 2.85. The third-order valence-corrected chi connectivity index (χ3v) is 2.20. The minimum atomic E-state index is 0. The molecule has 1 rings (SSSR count). The summed E-state index contributed by atoms with van der Waals surface area (Å²) in [6, 6.07) is 8.95. The third-order valence-electron chi connectivity index (χ3n) is 2.20. The van der Waals surface area contributed by atoms with Crippen molar-refractivity contribution in [2.45, 2.75) is 26.3 Å². The van der Waals surface area contributed by atoms with E-state index >= 15 is 0 Å². The molecule has 1 N–H and O–H groups in total. The first kappa shape index (κ1) is 13.5. The SMILES string of the molecule is CC(C)c1ccc(C[NH+](C)C)cc1.[Cl-]. The van der Waals surface area contributed by atoms with Crippen LogP contribution in [0.4, 0.5) is 0 Å². The molecule has 80 valence electrons. The van der Waals surface area contributed by atoms with E-state index in [1.165, 1.54) is 16.0 Å². The summed E-state index contributed by atoms with van der Waals surface area (Å²) in [5, 5.41) is 0. The maximum Gasteiger partial charge on any atom is 0.102 e. The number of hydrogen-bond acceptors (Lipinski definition) is 0. The molecule has 0 radical (unpaired) electrons. The average Bonchev–Trinajstić information content (AvgIpc) is 2.04. The van der Waals surface area contributed by atoms with Crippen LogP contribution in [-0.2, 0) is 6.54 Å². The number of rotatable bonds is 3. The van der Waals surface area contributed by atoms with Crippen molar-refractivity contribution < 1.29 is 17.3 Å². The van der Waals surface area contributed by atoms with E-state index in [1.807, 2.05) is 0 Å². The first-order chi connectivity index (χ1) is 6.09. The Kier molecular flexibility index (Phi) is 5.82. The maximum atomic E-state index is 2.24. The molecule has 0 saturated heterocycles. The summed E-state index contributed by atoms with van der Waals surface area (Å²) in [6.45, 7) is 5.57. The van der Waals surface area contributed by atoms with Gasteiger partial charge in [-0.05, 0) is 11.5 Å². The highest BCUT2D eigenvalue weighted by molar-refractivity contribution is 5.23. The third kappa shape index (κ3) is 4.12. The van der Waals surface area contributed by atoms with E-state index in [0.717, 1.165) is 6.54 Å². The normalized spacial score (nSPS) is 10.4. The molecular formula is C12H20ClN. The number of halogens is 1. The van der Waals surface area contributed by atoms with Gasteiger partial charge in [0.1, 0.15) is 6.54 Å². The molecule has 0 bridgehead atoms. The Bertz CT molecular complexity index is 252. The van der Waals surface area contributed by atoms with Crippen molar-refractivity contribution in [3.05, 3.63) is 35.4 Å². The fraction of sp³-hybridized carbons (Fsp3) is 0.500. The largest absolute Gasteiger partial charge is 1.00 e. The molecule has 0 spiro atoms. The van der Waals surface area contributed by atoms with Crippen LogP contribution >= 0.6 is 0 Å². The van der Waals surface area contributed by atoms with Gasteiger partial charge in [0.2, 0.25) is 0 Å². The van der Waals surface area contributed by atoms with Crippen LogP contribution in [0.3, 0.4) is 0 Å². The van der Waals surface area contributed by atoms with Crippen LogP contribution in [0.15, 0.2) is 24.3 Å². The summed E-state index contributed by atoms with van der Waals surface area (Å²) >= 11 is 0. The van der Waals surface area contributed by atoms with Crippen molar-refractivity contribution in [1.29, 1.82) is 0 Å². The second kappa shape index (κ2) is 6.05. The molecule has 1 aromatic carbocycles. The highest BCUT2D eigenvalue weighted by Crippen LogP contribution is 2.14. The standard InChI is InChI=1S/C12H19N.ClH/c1-10(2)12-7-5-11(6-8-12)9-13(3)4;/h5-8,10H,9H2,1-4H3;1H. The molecule has 0 atom stereocenters. The second-order valence-corrected chi connectivity index (χ2v) is 4.28. The van der Waals surface area contributed by atoms with Gasteiger partial charge in [-0.15, -0.1) is 0 Å². The monoisotopic (exact) mass is 213 g/mol. The van der Waals surface area contributed by atoms with E-state index in [1.54, 1.807) is 0 Å². The summed E-state index contributed by atoms with van der Waals surface area (Å²) in [4.78, 5) is 1.47. The van der Waals surface area contributed by atoms with Crippen LogP contribution < -0.4 is 17.3 Å². The zero-order valence-electron chi connectivity index (χ0n) is 9.47. The molecule has 0 heterocycles. The highest BCUT2D eigenvalue weighted by atomic mass is 35.5. The van der Waals surface area contributed by atoms with Crippen molar-refractivity contribution in [3.63, 3.8) is 0 Å². The van der Waals surface area contributed by atoms with E-state index < -0.39 is 0 Å². The van der Waals surface area contributed by atoms with Gasteiger partial charge in [0.05, 0.1) is 14.1 Å². The quantitative estimate of drug-likeness (QED) is 0.621. The van der Waals surface area contributed by atoms with Crippen LogP contribution in [0.25, 0.3) is 0 Å². The van der Waals surface area contributed by atoms with E-state index in [0.29, 0.717) is 5.92 Å². The minimum Gasteiger partial charge on any atom is -1.00 e. The van der Waals surface area contributed by atoms with Crippen molar-refractivity contribution in [1.82, 2.24) is 0 Å². The summed E-state index contributed by atoms with van der Waals surface area (Å²) in [7, 11) is 4.35. The number of hydrogen-bond donors (Lipinski definition) is 1. The Morgan fingerprint density at radius 2 is 1.57 bits per heavy atom. The Hall–Kier alpha value is -0.530. The Morgan fingerprint density at radius 1 is 1.07 bits per heavy atom. The second-order valence-electron chi connectivity index (χ2n) is 4.28. The zero-order valence-corrected chi connectivity index (χ0v) is 10.2. The van der Waals surface area contributed by atoms with Gasteiger partial charge < -0.3 is 17.3 Å². The molecule has 0 aliphatic carbocycles. The number of benzene rings is 1. The zero-order chi connectivity index (χ0) is 9.84. The van der Waals surface area contributed by atoms with Crippen LogP contribution in [0.2, 0.25) is 0 Å². The molecule has 2 heteroatoms. The van der Waals surface area contributed by atoms with Crippen LogP contribution in [0.5, 0.6) is 0 Å². The van der Waals surface area contributed by atoms with Gasteiger partial charge >= 0.3 is 0 Å². The van der Waals surface area contributed by atoms with E-state index in [-0.39, 0.29) is 12.4 Å². The van der Waals surface area contributed by atoms with E-state index in [2.05, 4.69) is 52.2 Å². The van der Waals surface area contributed by atoms with Gasteiger partial charge in [0.25, 0.3) is 0 Å². The molecule has 1 nitrogen and oxygen atoms in total. The topological polar surface area (TPSA) is 4.44 Å². The van der Waals surface area contributed by atoms with E-state index in [9.17, 15) is 0 Å². The number of quaternary nitrogens is 1. The molecule has 0 amide bonds. The smallest absolute Gasteiger partial charge is 0.102 e. The Balaban J connectivity index is 0.00000169. The first-order valence-corrected chi connectivity index (χ1v) is 4.97. The van der Waals surface area contributed by atoms with E-state index in [4.69, 9.17) is 0 Å². The van der Waals surface area contributed by atoms with Crippen molar-refractivity contribution in [2.24, 2.45) is 0 Å². The molecule has 0 aromatic heterocycles. The predicted molar refractivity (Wildman–Crippen MR) is 57.0 cm³/mol. The molecular weight excluding hydrogens is 194 g/mol. The lowest BCUT2D eigenvalue weighted by atomic mass is 10.0. The van der Waals surface area contributed by atoms with Crippen LogP contribution in [0, 0.1) is 0 Å². The molecule has 0 unspecified atom stereocenters. The fourth-order valence-electron chi connectivity index (χ4n) is 1.43. The Morgan fingerprint density at radius 3 is 1.93 bits per heavy atom. The maximum absolute atomic E-state index is 2.24. The van der Waals surface area contributed by atoms with Crippen LogP contribution in [-0.4, -0.2) is 14.1 Å². The lowest BCUT2D eigenvalue weighted by Crippen LogP contribution is -3.04. The van der Waals surface area contributed by atoms with Crippen molar-refractivity contribution in [3.8, 4) is 0 Å². The molecule has 0 aliphatic rings. The average molecular weight is 214 g/mol. The predicted octanol–water partition coefficient (Wildman–Crippen LogP) is -1.54. The molecule has 0 saturated carbocycles. The Labute approximate surface area is 93.5 Å². The molecule has 14 heavy (non-hydrogen) atoms. The van der Waals surface area contributed by atoms with Gasteiger partial charge in [0.15, 0.2) is 0 Å². The van der Waals surface area contributed by atoms with Gasteiger partial charge in [0, 0.05) is 5.56 Å². The fourth-order valence-corrected chi connectivity index (χ4v) is 1.43.